The van der Waals surface area contributed by atoms with E-state index in [1.165, 1.54) is 0 Å². The van der Waals surface area contributed by atoms with Gasteiger partial charge in [0, 0.05) is 11.3 Å². The van der Waals surface area contributed by atoms with Gasteiger partial charge in [-0.25, -0.2) is 0 Å². The first-order chi connectivity index (χ1) is 11.7. The van der Waals surface area contributed by atoms with Gasteiger partial charge < -0.3 is 19.5 Å². The van der Waals surface area contributed by atoms with Crippen molar-refractivity contribution in [2.24, 2.45) is 0 Å². The smallest absolute Gasteiger partial charge is 0.235 e. The SMILES string of the molecule is COc1cc([C@H]2SCC(=O)Nc3n[nH]c(C)c32)cc2c1OCCO2. The number of hydrogen-bond acceptors (Lipinski definition) is 6. The van der Waals surface area contributed by atoms with Crippen molar-refractivity contribution in [2.75, 3.05) is 31.4 Å². The summed E-state index contributed by atoms with van der Waals surface area (Å²) in [6, 6.07) is 3.90. The zero-order valence-corrected chi connectivity index (χ0v) is 14.2. The van der Waals surface area contributed by atoms with Crippen LogP contribution in [0.3, 0.4) is 0 Å². The summed E-state index contributed by atoms with van der Waals surface area (Å²) >= 11 is 1.55. The van der Waals surface area contributed by atoms with Crippen molar-refractivity contribution in [3.63, 3.8) is 0 Å². The highest BCUT2D eigenvalue weighted by Crippen LogP contribution is 2.48. The zero-order valence-electron chi connectivity index (χ0n) is 13.3. The number of rotatable bonds is 2. The summed E-state index contributed by atoms with van der Waals surface area (Å²) in [4.78, 5) is 11.9. The predicted octanol–water partition coefficient (Wildman–Crippen LogP) is 2.27. The summed E-state index contributed by atoms with van der Waals surface area (Å²) in [5.41, 5.74) is 2.89. The Kier molecular flexibility index (Phi) is 3.76. The molecule has 7 nitrogen and oxygen atoms in total. The minimum atomic E-state index is -0.0558. The maximum Gasteiger partial charge on any atom is 0.235 e. The molecule has 0 radical (unpaired) electrons. The number of carbonyl (C=O) groups excluding carboxylic acids is 1. The lowest BCUT2D eigenvalue weighted by molar-refractivity contribution is -0.113. The molecule has 2 aromatic rings. The van der Waals surface area contributed by atoms with Crippen LogP contribution in [0.4, 0.5) is 5.82 Å². The van der Waals surface area contributed by atoms with E-state index in [4.69, 9.17) is 14.2 Å². The minimum Gasteiger partial charge on any atom is -0.493 e. The molecule has 1 aromatic carbocycles. The molecule has 3 heterocycles. The number of fused-ring (bicyclic) bond motifs is 2. The van der Waals surface area contributed by atoms with Crippen LogP contribution in [0.15, 0.2) is 12.1 Å². The fraction of sp³-hybridized carbons (Fsp3) is 0.375. The van der Waals surface area contributed by atoms with Crippen molar-refractivity contribution in [2.45, 2.75) is 12.2 Å². The number of H-pyrrole nitrogens is 1. The van der Waals surface area contributed by atoms with E-state index in [9.17, 15) is 4.79 Å². The van der Waals surface area contributed by atoms with Crippen molar-refractivity contribution < 1.29 is 19.0 Å². The van der Waals surface area contributed by atoms with Crippen LogP contribution < -0.4 is 19.5 Å². The number of thioether (sulfide) groups is 1. The molecule has 126 valence electrons. The van der Waals surface area contributed by atoms with Gasteiger partial charge in [0.05, 0.1) is 18.1 Å². The minimum absolute atomic E-state index is 0.0533. The van der Waals surface area contributed by atoms with E-state index in [0.717, 1.165) is 16.8 Å². The molecular formula is C16H17N3O4S. The van der Waals surface area contributed by atoms with Gasteiger partial charge in [0.2, 0.25) is 11.7 Å². The molecule has 1 aromatic heterocycles. The fourth-order valence-corrected chi connectivity index (χ4v) is 4.15. The van der Waals surface area contributed by atoms with Crippen LogP contribution >= 0.6 is 11.8 Å². The van der Waals surface area contributed by atoms with Gasteiger partial charge in [-0.2, -0.15) is 5.10 Å². The molecule has 0 spiro atoms. The van der Waals surface area contributed by atoms with Gasteiger partial charge in [-0.15, -0.1) is 11.8 Å². The maximum absolute atomic E-state index is 11.9. The van der Waals surface area contributed by atoms with E-state index < -0.39 is 0 Å². The third-order valence-electron chi connectivity index (χ3n) is 4.05. The molecule has 0 unspecified atom stereocenters. The first kappa shape index (κ1) is 15.2. The monoisotopic (exact) mass is 347 g/mol. The highest BCUT2D eigenvalue weighted by Gasteiger charge is 2.30. The molecule has 0 aliphatic carbocycles. The van der Waals surface area contributed by atoms with Gasteiger partial charge in [-0.05, 0) is 24.6 Å². The predicted molar refractivity (Wildman–Crippen MR) is 90.2 cm³/mol. The lowest BCUT2D eigenvalue weighted by Crippen LogP contribution is -2.16. The van der Waals surface area contributed by atoms with Crippen LogP contribution in [0.25, 0.3) is 0 Å². The number of ether oxygens (including phenoxy) is 3. The Bertz CT molecular complexity index is 788. The summed E-state index contributed by atoms with van der Waals surface area (Å²) in [6.45, 7) is 2.96. The molecule has 1 atom stereocenters. The number of carbonyl (C=O) groups is 1. The number of nitrogens with one attached hydrogen (secondary N) is 2. The van der Waals surface area contributed by atoms with Crippen LogP contribution in [-0.4, -0.2) is 42.2 Å². The van der Waals surface area contributed by atoms with E-state index in [1.807, 2.05) is 19.1 Å². The Morgan fingerprint density at radius 1 is 1.33 bits per heavy atom. The number of methoxy groups -OCH3 is 1. The standard InChI is InChI=1S/C16H17N3O4S/c1-8-13-15(24-7-12(20)17-16(13)19-18-8)9-5-10(21-2)14-11(6-9)22-3-4-23-14/h5-6,15H,3-4,7H2,1-2H3,(H2,17,18,19,20)/t15-/m1/s1. The van der Waals surface area contributed by atoms with Crippen molar-refractivity contribution in [3.8, 4) is 17.2 Å². The Balaban J connectivity index is 1.83. The third-order valence-corrected chi connectivity index (χ3v) is 5.32. The quantitative estimate of drug-likeness (QED) is 0.867. The van der Waals surface area contributed by atoms with Crippen molar-refractivity contribution in [1.29, 1.82) is 0 Å². The van der Waals surface area contributed by atoms with Gasteiger partial charge in [0.15, 0.2) is 17.3 Å². The number of benzene rings is 1. The number of aryl methyl sites for hydroxylation is 1. The van der Waals surface area contributed by atoms with Crippen LogP contribution in [0.1, 0.15) is 22.1 Å². The average Bonchev–Trinajstić information content (AvgIpc) is 2.85. The molecule has 0 bridgehead atoms. The van der Waals surface area contributed by atoms with Crippen molar-refractivity contribution in [3.05, 3.63) is 29.0 Å². The van der Waals surface area contributed by atoms with Crippen LogP contribution in [0, 0.1) is 6.92 Å². The lowest BCUT2D eigenvalue weighted by atomic mass is 10.0. The maximum atomic E-state index is 11.9. The van der Waals surface area contributed by atoms with Gasteiger partial charge in [-0.1, -0.05) is 0 Å². The topological polar surface area (TPSA) is 85.5 Å². The summed E-state index contributed by atoms with van der Waals surface area (Å²) in [6.07, 6.45) is 0. The molecule has 2 aliphatic rings. The Labute approximate surface area is 143 Å². The number of aromatic amines is 1. The molecule has 0 saturated heterocycles. The number of nitrogens with zero attached hydrogens (tertiary/aromatic N) is 1. The summed E-state index contributed by atoms with van der Waals surface area (Å²) < 4.78 is 16.9. The summed E-state index contributed by atoms with van der Waals surface area (Å²) in [5, 5.41) is 9.96. The van der Waals surface area contributed by atoms with E-state index in [2.05, 4.69) is 15.5 Å². The van der Waals surface area contributed by atoms with Crippen molar-refractivity contribution >= 4 is 23.5 Å². The molecule has 0 saturated carbocycles. The number of amides is 1. The molecule has 24 heavy (non-hydrogen) atoms. The largest absolute Gasteiger partial charge is 0.493 e. The summed E-state index contributed by atoms with van der Waals surface area (Å²) in [5.74, 6) is 2.82. The molecule has 8 heteroatoms. The summed E-state index contributed by atoms with van der Waals surface area (Å²) in [7, 11) is 1.61. The normalized spacial score (nSPS) is 19.2. The van der Waals surface area contributed by atoms with E-state index >= 15 is 0 Å². The van der Waals surface area contributed by atoms with Crippen LogP contribution in [-0.2, 0) is 4.79 Å². The van der Waals surface area contributed by atoms with Gasteiger partial charge in [0.25, 0.3) is 0 Å². The zero-order chi connectivity index (χ0) is 16.7. The number of anilines is 1. The van der Waals surface area contributed by atoms with Gasteiger partial charge in [-0.3, -0.25) is 9.89 Å². The molecule has 1 amide bonds. The molecule has 0 fully saturated rings. The Morgan fingerprint density at radius 2 is 2.17 bits per heavy atom. The lowest BCUT2D eigenvalue weighted by Gasteiger charge is -2.23. The highest BCUT2D eigenvalue weighted by molar-refractivity contribution is 8.00. The second-order valence-electron chi connectivity index (χ2n) is 5.60. The third kappa shape index (κ3) is 2.47. The molecule has 2 aliphatic heterocycles. The average molecular weight is 347 g/mol. The first-order valence-electron chi connectivity index (χ1n) is 7.61. The Morgan fingerprint density at radius 3 is 3.00 bits per heavy atom. The molecule has 2 N–H and O–H groups in total. The second-order valence-corrected chi connectivity index (χ2v) is 6.69. The van der Waals surface area contributed by atoms with Crippen LogP contribution in [0.5, 0.6) is 17.2 Å². The van der Waals surface area contributed by atoms with E-state index in [0.29, 0.717) is 42.0 Å². The second kappa shape index (κ2) is 5.94. The Hall–Kier alpha value is -2.35. The highest BCUT2D eigenvalue weighted by atomic mass is 32.2. The van der Waals surface area contributed by atoms with E-state index in [1.54, 1.807) is 18.9 Å². The number of hydrogen-bond donors (Lipinski definition) is 2. The van der Waals surface area contributed by atoms with Crippen molar-refractivity contribution in [1.82, 2.24) is 10.2 Å². The van der Waals surface area contributed by atoms with Gasteiger partial charge >= 0.3 is 0 Å². The first-order valence-corrected chi connectivity index (χ1v) is 8.66. The van der Waals surface area contributed by atoms with E-state index in [-0.39, 0.29) is 11.2 Å². The van der Waals surface area contributed by atoms with Gasteiger partial charge in [0.1, 0.15) is 13.2 Å². The fourth-order valence-electron chi connectivity index (χ4n) is 2.97. The molecule has 4 rings (SSSR count). The van der Waals surface area contributed by atoms with Crippen LogP contribution in [0.2, 0.25) is 0 Å². The number of aromatic nitrogens is 2. The molecular weight excluding hydrogens is 330 g/mol.